The zero-order valence-electron chi connectivity index (χ0n) is 17.2. The number of benzene rings is 3. The van der Waals surface area contributed by atoms with Crippen molar-refractivity contribution in [1.82, 2.24) is 15.1 Å². The van der Waals surface area contributed by atoms with Crippen molar-refractivity contribution in [3.63, 3.8) is 0 Å². The summed E-state index contributed by atoms with van der Waals surface area (Å²) in [6.07, 6.45) is 1.02. The fourth-order valence-electron chi connectivity index (χ4n) is 3.31. The number of nitro groups is 1. The number of nitrogens with one attached hydrogen (secondary N) is 1. The highest BCUT2D eigenvalue weighted by atomic mass is 16.7. The molecule has 1 N–H and O–H groups in total. The van der Waals surface area contributed by atoms with E-state index in [0.717, 1.165) is 17.0 Å². The number of hydrogen-bond donors (Lipinski definition) is 1. The molecule has 166 valence electrons. The molecule has 11 heteroatoms. The van der Waals surface area contributed by atoms with Crippen LogP contribution in [-0.4, -0.2) is 33.4 Å². The largest absolute Gasteiger partial charge is 0.872 e. The summed E-state index contributed by atoms with van der Waals surface area (Å²) in [6.45, 7) is 1.01. The fraction of sp³-hybridized carbons (Fsp3) is 0.0909. The summed E-state index contributed by atoms with van der Waals surface area (Å²) in [4.78, 5) is 44.9. The van der Waals surface area contributed by atoms with Crippen molar-refractivity contribution in [2.45, 2.75) is 6.92 Å². The number of non-ortho nitro benzene ring substituents is 1. The fourth-order valence-corrected chi connectivity index (χ4v) is 3.31. The highest BCUT2D eigenvalue weighted by molar-refractivity contribution is 6.02. The van der Waals surface area contributed by atoms with Gasteiger partial charge in [-0.1, -0.05) is 36.1 Å². The molecule has 0 spiro atoms. The zero-order valence-corrected chi connectivity index (χ0v) is 17.2. The number of para-hydroxylation sites is 1. The number of carbonyl (C=O) groups is 1. The molecule has 0 aliphatic rings. The predicted octanol–water partition coefficient (Wildman–Crippen LogP) is 1.42. The Morgan fingerprint density at radius 3 is 2.58 bits per heavy atom. The van der Waals surface area contributed by atoms with E-state index >= 15 is 0 Å². The summed E-state index contributed by atoms with van der Waals surface area (Å²) in [7, 11) is 0. The zero-order chi connectivity index (χ0) is 23.5. The van der Waals surface area contributed by atoms with Gasteiger partial charge in [0.1, 0.15) is 5.82 Å². The van der Waals surface area contributed by atoms with Crippen LogP contribution in [0.3, 0.4) is 0 Å². The Balaban J connectivity index is 1.49. The van der Waals surface area contributed by atoms with Crippen molar-refractivity contribution >= 4 is 39.5 Å². The van der Waals surface area contributed by atoms with Crippen molar-refractivity contribution in [3.05, 3.63) is 86.5 Å². The van der Waals surface area contributed by atoms with Crippen LogP contribution in [0.2, 0.25) is 0 Å². The molecule has 0 atom stereocenters. The second-order valence-corrected chi connectivity index (χ2v) is 6.96. The van der Waals surface area contributed by atoms with E-state index in [1.54, 1.807) is 43.3 Å². The van der Waals surface area contributed by atoms with Gasteiger partial charge < -0.3 is 9.94 Å². The van der Waals surface area contributed by atoms with Crippen molar-refractivity contribution < 1.29 is 19.7 Å². The van der Waals surface area contributed by atoms with Crippen molar-refractivity contribution in [3.8, 4) is 5.75 Å². The van der Waals surface area contributed by atoms with E-state index in [9.17, 15) is 24.8 Å². The van der Waals surface area contributed by atoms with E-state index < -0.39 is 28.7 Å². The van der Waals surface area contributed by atoms with Gasteiger partial charge in [0.15, 0.2) is 6.61 Å². The highest BCUT2D eigenvalue weighted by Crippen LogP contribution is 2.33. The van der Waals surface area contributed by atoms with Crippen molar-refractivity contribution in [2.75, 3.05) is 6.61 Å². The third kappa shape index (κ3) is 4.19. The first-order chi connectivity index (χ1) is 15.9. The van der Waals surface area contributed by atoms with Gasteiger partial charge in [-0.3, -0.25) is 19.7 Å². The Morgan fingerprint density at radius 2 is 1.85 bits per heavy atom. The Hall–Kier alpha value is -4.80. The predicted molar refractivity (Wildman–Crippen MR) is 118 cm³/mol. The van der Waals surface area contributed by atoms with Gasteiger partial charge in [-0.25, -0.2) is 10.4 Å². The lowest BCUT2D eigenvalue weighted by molar-refractivity contribution is -0.383. The second-order valence-electron chi connectivity index (χ2n) is 6.96. The van der Waals surface area contributed by atoms with E-state index in [0.29, 0.717) is 10.9 Å². The summed E-state index contributed by atoms with van der Waals surface area (Å²) < 4.78 is 0.911. The molecule has 0 bridgehead atoms. The molecule has 3 aromatic carbocycles. The number of amides is 1. The van der Waals surface area contributed by atoms with Crippen molar-refractivity contribution in [1.29, 1.82) is 0 Å². The van der Waals surface area contributed by atoms with Crippen LogP contribution in [-0.2, 0) is 4.79 Å². The van der Waals surface area contributed by atoms with Crippen LogP contribution < -0.4 is 20.9 Å². The maximum Gasteiger partial charge on any atom is 0.294 e. The SMILES string of the molecule is Cc1nc2ccccc2c(=O)n1OCC(=O)NN=Cc1cc([N+](=O)[O-])c2ccccc2c1[O-]. The first kappa shape index (κ1) is 21.4. The number of aryl methyl sites for hydroxylation is 1. The lowest BCUT2D eigenvalue weighted by Gasteiger charge is -2.14. The minimum absolute atomic E-state index is 0.0626. The molecule has 1 heterocycles. The molecule has 0 saturated carbocycles. The number of fused-ring (bicyclic) bond motifs is 2. The molecule has 4 rings (SSSR count). The molecule has 0 radical (unpaired) electrons. The molecule has 11 nitrogen and oxygen atoms in total. The summed E-state index contributed by atoms with van der Waals surface area (Å²) in [5.74, 6) is -0.919. The lowest BCUT2D eigenvalue weighted by atomic mass is 10.0. The number of carbonyl (C=O) groups excluding carboxylic acids is 1. The first-order valence-electron chi connectivity index (χ1n) is 9.67. The summed E-state index contributed by atoms with van der Waals surface area (Å²) in [5, 5.41) is 28.3. The molecule has 1 amide bonds. The molecule has 4 aromatic rings. The Kier molecular flexibility index (Phi) is 5.68. The topological polar surface area (TPSA) is 152 Å². The minimum Gasteiger partial charge on any atom is -0.872 e. The van der Waals surface area contributed by atoms with Crippen LogP contribution in [0.25, 0.3) is 21.7 Å². The Bertz CT molecular complexity index is 1490. The third-order valence-corrected chi connectivity index (χ3v) is 4.81. The number of nitro benzene ring substituents is 1. The van der Waals surface area contributed by atoms with Crippen LogP contribution in [0.5, 0.6) is 5.75 Å². The number of hydrogen-bond acceptors (Lipinski definition) is 8. The standard InChI is InChI=1S/C22H17N5O6/c1-13-24-18-9-5-4-8-17(18)22(30)26(13)33-12-20(28)25-23-11-14-10-19(27(31)32)15-6-2-3-7-16(15)21(14)29/h2-11,29H,12H2,1H3,(H,25,28)/p-1. The summed E-state index contributed by atoms with van der Waals surface area (Å²) in [5.41, 5.74) is 1.89. The molecule has 0 saturated heterocycles. The van der Waals surface area contributed by atoms with Crippen LogP contribution in [0.4, 0.5) is 5.69 Å². The van der Waals surface area contributed by atoms with E-state index in [1.165, 1.54) is 12.1 Å². The average Bonchev–Trinajstić information content (AvgIpc) is 2.80. The molecule has 1 aromatic heterocycles. The number of rotatable bonds is 6. The van der Waals surface area contributed by atoms with Gasteiger partial charge in [0.05, 0.1) is 27.4 Å². The van der Waals surface area contributed by atoms with Gasteiger partial charge in [-0.15, -0.1) is 4.73 Å². The van der Waals surface area contributed by atoms with E-state index in [4.69, 9.17) is 4.84 Å². The van der Waals surface area contributed by atoms with Gasteiger partial charge in [-0.2, -0.15) is 5.10 Å². The van der Waals surface area contributed by atoms with E-state index in [-0.39, 0.29) is 27.8 Å². The second kappa shape index (κ2) is 8.75. The minimum atomic E-state index is -0.714. The normalized spacial score (nSPS) is 11.2. The van der Waals surface area contributed by atoms with Crippen molar-refractivity contribution in [2.24, 2.45) is 5.10 Å². The van der Waals surface area contributed by atoms with Crippen LogP contribution in [0.15, 0.2) is 64.5 Å². The lowest BCUT2D eigenvalue weighted by Crippen LogP contribution is -2.35. The average molecular weight is 446 g/mol. The van der Waals surface area contributed by atoms with E-state index in [1.807, 2.05) is 0 Å². The number of nitrogens with zero attached hydrogens (tertiary/aromatic N) is 4. The first-order valence-corrected chi connectivity index (χ1v) is 9.67. The molecular weight excluding hydrogens is 430 g/mol. The third-order valence-electron chi connectivity index (χ3n) is 4.81. The van der Waals surface area contributed by atoms with Gasteiger partial charge in [0, 0.05) is 6.07 Å². The maximum absolute atomic E-state index is 12.6. The van der Waals surface area contributed by atoms with Crippen LogP contribution >= 0.6 is 0 Å². The van der Waals surface area contributed by atoms with Gasteiger partial charge in [0.25, 0.3) is 17.2 Å². The molecule has 0 aliphatic heterocycles. The Labute approximate surface area is 185 Å². The summed E-state index contributed by atoms with van der Waals surface area (Å²) in [6, 6.07) is 14.0. The van der Waals surface area contributed by atoms with Crippen LogP contribution in [0.1, 0.15) is 11.4 Å². The number of aromatic nitrogens is 2. The molecule has 0 unspecified atom stereocenters. The van der Waals surface area contributed by atoms with E-state index in [2.05, 4.69) is 15.5 Å². The monoisotopic (exact) mass is 446 g/mol. The van der Waals surface area contributed by atoms with Gasteiger partial charge >= 0.3 is 0 Å². The molecule has 33 heavy (non-hydrogen) atoms. The summed E-state index contributed by atoms with van der Waals surface area (Å²) >= 11 is 0. The number of hydrazone groups is 1. The smallest absolute Gasteiger partial charge is 0.294 e. The molecule has 0 aliphatic carbocycles. The molecular formula is C22H16N5O6-. The van der Waals surface area contributed by atoms with Crippen LogP contribution in [0, 0.1) is 17.0 Å². The highest BCUT2D eigenvalue weighted by Gasteiger charge is 2.14. The molecule has 0 fully saturated rings. The quantitative estimate of drug-likeness (QED) is 0.267. The van der Waals surface area contributed by atoms with Gasteiger partial charge in [-0.05, 0) is 36.1 Å². The Morgan fingerprint density at radius 1 is 1.18 bits per heavy atom. The van der Waals surface area contributed by atoms with Gasteiger partial charge in [0.2, 0.25) is 0 Å². The maximum atomic E-state index is 12.6.